The molecule has 0 N–H and O–H groups in total. The Balaban J connectivity index is 1.89. The largest absolute Gasteiger partial charge is 0.447 e. The van der Waals surface area contributed by atoms with Crippen LogP contribution < -0.4 is 4.74 Å². The molecule has 4 rings (SSSR count). The Bertz CT molecular complexity index is 1070. The summed E-state index contributed by atoms with van der Waals surface area (Å²) < 4.78 is 6.59. The molecule has 2 heteroatoms. The van der Waals surface area contributed by atoms with Gasteiger partial charge < -0.3 is 4.74 Å². The maximum Gasteiger partial charge on any atom is 0.209 e. The van der Waals surface area contributed by atoms with Gasteiger partial charge in [-0.1, -0.05) is 86.6 Å². The fraction of sp³-hybridized carbons (Fsp3) is 0.400. The van der Waals surface area contributed by atoms with Crippen molar-refractivity contribution in [3.8, 4) is 11.5 Å². The first-order chi connectivity index (χ1) is 14.7. The van der Waals surface area contributed by atoms with Gasteiger partial charge in [0, 0.05) is 0 Å². The molecule has 0 saturated heterocycles. The minimum absolute atomic E-state index is 0.0822. The highest BCUT2D eigenvalue weighted by Crippen LogP contribution is 2.49. The van der Waals surface area contributed by atoms with E-state index in [0.717, 1.165) is 11.5 Å². The molecule has 0 bridgehead atoms. The van der Waals surface area contributed by atoms with Gasteiger partial charge in [0.25, 0.3) is 0 Å². The molecular formula is C30H37OS+. The minimum atomic E-state index is -0.188. The van der Waals surface area contributed by atoms with Gasteiger partial charge in [-0.05, 0) is 69.3 Å². The van der Waals surface area contributed by atoms with Gasteiger partial charge in [0.05, 0.1) is 0 Å². The highest BCUT2D eigenvalue weighted by Gasteiger charge is 2.40. The first kappa shape index (κ1) is 23.0. The van der Waals surface area contributed by atoms with E-state index in [1.807, 2.05) is 0 Å². The second-order valence-corrected chi connectivity index (χ2v) is 14.0. The molecule has 168 valence electrons. The fourth-order valence-electron chi connectivity index (χ4n) is 4.03. The highest BCUT2D eigenvalue weighted by molar-refractivity contribution is 7.97. The topological polar surface area (TPSA) is 9.23 Å². The molecule has 0 fully saturated rings. The third-order valence-electron chi connectivity index (χ3n) is 6.24. The quantitative estimate of drug-likeness (QED) is 0.266. The van der Waals surface area contributed by atoms with Crippen LogP contribution in [0.4, 0.5) is 0 Å². The Hall–Kier alpha value is -2.19. The normalized spacial score (nSPS) is 14.5. The zero-order valence-electron chi connectivity index (χ0n) is 21.1. The van der Waals surface area contributed by atoms with Gasteiger partial charge in [-0.25, -0.2) is 0 Å². The molecule has 0 unspecified atom stereocenters. The minimum Gasteiger partial charge on any atom is -0.447 e. The van der Waals surface area contributed by atoms with Crippen molar-refractivity contribution in [2.45, 2.75) is 93.2 Å². The number of hydrogen-bond donors (Lipinski definition) is 0. The Kier molecular flexibility index (Phi) is 5.53. The Morgan fingerprint density at radius 1 is 0.500 bits per heavy atom. The molecule has 0 aromatic heterocycles. The summed E-state index contributed by atoms with van der Waals surface area (Å²) in [6, 6.07) is 22.9. The maximum atomic E-state index is 6.59. The van der Waals surface area contributed by atoms with Gasteiger partial charge in [-0.15, -0.1) is 0 Å². The standard InChI is InChI=1S/C30H37OS/c1-28(2,3)20-10-14-23(15-11-20)32-26-16-12-21(29(4,5)6)18-24(26)31-25-19-22(30(7,8)9)13-17-27(25)32/h10-19H,1-9H3/q+1. The molecule has 0 atom stereocenters. The number of ether oxygens (including phenoxy) is 1. The molecule has 3 aromatic rings. The molecular weight excluding hydrogens is 408 g/mol. The summed E-state index contributed by atoms with van der Waals surface area (Å²) in [7, 11) is -0.188. The van der Waals surface area contributed by atoms with E-state index in [2.05, 4.69) is 123 Å². The van der Waals surface area contributed by atoms with Crippen LogP contribution >= 0.6 is 0 Å². The van der Waals surface area contributed by atoms with Crippen molar-refractivity contribution in [1.29, 1.82) is 0 Å². The number of fused-ring (bicyclic) bond motifs is 2. The van der Waals surface area contributed by atoms with Crippen LogP contribution in [0, 0.1) is 0 Å². The summed E-state index contributed by atoms with van der Waals surface area (Å²) in [6.07, 6.45) is 0. The lowest BCUT2D eigenvalue weighted by Crippen LogP contribution is -2.18. The molecule has 0 radical (unpaired) electrons. The van der Waals surface area contributed by atoms with Crippen molar-refractivity contribution >= 4 is 10.9 Å². The lowest BCUT2D eigenvalue weighted by Gasteiger charge is -2.26. The Labute approximate surface area is 197 Å². The van der Waals surface area contributed by atoms with Crippen molar-refractivity contribution in [1.82, 2.24) is 0 Å². The van der Waals surface area contributed by atoms with Crippen molar-refractivity contribution in [2.24, 2.45) is 0 Å². The molecule has 1 aliphatic rings. The van der Waals surface area contributed by atoms with Crippen LogP contribution in [0.3, 0.4) is 0 Å². The molecule has 0 spiro atoms. The van der Waals surface area contributed by atoms with E-state index < -0.39 is 0 Å². The van der Waals surface area contributed by atoms with Crippen LogP contribution in [0.25, 0.3) is 0 Å². The predicted octanol–water partition coefficient (Wildman–Crippen LogP) is 8.78. The van der Waals surface area contributed by atoms with Crippen molar-refractivity contribution in [3.63, 3.8) is 0 Å². The summed E-state index contributed by atoms with van der Waals surface area (Å²) in [5.41, 5.74) is 4.29. The van der Waals surface area contributed by atoms with E-state index in [1.165, 1.54) is 31.4 Å². The van der Waals surface area contributed by atoms with Crippen LogP contribution in [-0.4, -0.2) is 0 Å². The lowest BCUT2D eigenvalue weighted by atomic mass is 9.87. The van der Waals surface area contributed by atoms with E-state index in [0.29, 0.717) is 0 Å². The van der Waals surface area contributed by atoms with Crippen molar-refractivity contribution in [3.05, 3.63) is 77.4 Å². The van der Waals surface area contributed by atoms with Gasteiger partial charge in [0.2, 0.25) is 9.79 Å². The predicted molar refractivity (Wildman–Crippen MR) is 138 cm³/mol. The van der Waals surface area contributed by atoms with Crippen LogP contribution in [0.5, 0.6) is 11.5 Å². The molecule has 0 saturated carbocycles. The van der Waals surface area contributed by atoms with Gasteiger partial charge in [-0.2, -0.15) is 0 Å². The molecule has 0 aliphatic carbocycles. The summed E-state index contributed by atoms with van der Waals surface area (Å²) in [6.45, 7) is 20.4. The summed E-state index contributed by atoms with van der Waals surface area (Å²) in [4.78, 5) is 3.89. The average Bonchev–Trinajstić information content (AvgIpc) is 2.69. The molecule has 1 nitrogen and oxygen atoms in total. The van der Waals surface area contributed by atoms with Crippen LogP contribution in [0.2, 0.25) is 0 Å². The van der Waals surface area contributed by atoms with E-state index >= 15 is 0 Å². The van der Waals surface area contributed by atoms with Crippen LogP contribution in [0.15, 0.2) is 75.4 Å². The summed E-state index contributed by atoms with van der Waals surface area (Å²) >= 11 is 0. The Morgan fingerprint density at radius 3 is 1.25 bits per heavy atom. The molecule has 3 aromatic carbocycles. The second kappa shape index (κ2) is 7.70. The number of rotatable bonds is 1. The SMILES string of the molecule is CC(C)(C)c1ccc([S+]2c3ccc(C(C)(C)C)cc3Oc3cc(C(C)(C)C)ccc32)cc1. The van der Waals surface area contributed by atoms with E-state index in [4.69, 9.17) is 4.74 Å². The Morgan fingerprint density at radius 2 is 0.875 bits per heavy atom. The fourth-order valence-corrected chi connectivity index (χ4v) is 6.19. The third kappa shape index (κ3) is 4.35. The number of benzene rings is 3. The smallest absolute Gasteiger partial charge is 0.209 e. The van der Waals surface area contributed by atoms with Gasteiger partial charge in [0.15, 0.2) is 16.4 Å². The molecule has 1 aliphatic heterocycles. The second-order valence-electron chi connectivity index (χ2n) is 12.0. The molecule has 0 amide bonds. The van der Waals surface area contributed by atoms with E-state index in [1.54, 1.807) is 0 Å². The van der Waals surface area contributed by atoms with Crippen LogP contribution in [0.1, 0.15) is 79.0 Å². The zero-order chi connectivity index (χ0) is 23.5. The van der Waals surface area contributed by atoms with Crippen LogP contribution in [-0.2, 0) is 27.1 Å². The maximum absolute atomic E-state index is 6.59. The summed E-state index contributed by atoms with van der Waals surface area (Å²) in [5, 5.41) is 0. The van der Waals surface area contributed by atoms with Gasteiger partial charge in [-0.3, -0.25) is 0 Å². The van der Waals surface area contributed by atoms with Crippen molar-refractivity contribution < 1.29 is 4.74 Å². The first-order valence-electron chi connectivity index (χ1n) is 11.6. The summed E-state index contributed by atoms with van der Waals surface area (Å²) in [5.74, 6) is 2.00. The third-order valence-corrected chi connectivity index (χ3v) is 8.53. The molecule has 1 heterocycles. The van der Waals surface area contributed by atoms with E-state index in [-0.39, 0.29) is 27.1 Å². The molecule has 32 heavy (non-hydrogen) atoms. The van der Waals surface area contributed by atoms with Gasteiger partial charge >= 0.3 is 0 Å². The van der Waals surface area contributed by atoms with Crippen molar-refractivity contribution in [2.75, 3.05) is 0 Å². The highest BCUT2D eigenvalue weighted by atomic mass is 32.2. The first-order valence-corrected chi connectivity index (χ1v) is 12.8. The number of hydrogen-bond acceptors (Lipinski definition) is 1. The zero-order valence-corrected chi connectivity index (χ0v) is 21.9. The van der Waals surface area contributed by atoms with Gasteiger partial charge in [0.1, 0.15) is 10.9 Å². The average molecular weight is 446 g/mol. The monoisotopic (exact) mass is 445 g/mol. The van der Waals surface area contributed by atoms with E-state index in [9.17, 15) is 0 Å². The lowest BCUT2D eigenvalue weighted by molar-refractivity contribution is 0.446.